The van der Waals surface area contributed by atoms with Crippen molar-refractivity contribution in [3.05, 3.63) is 53.1 Å². The van der Waals surface area contributed by atoms with Crippen LogP contribution in [-0.2, 0) is 13.1 Å². The minimum Gasteiger partial charge on any atom is -0.394 e. The molecule has 1 aliphatic heterocycles. The normalized spacial score (nSPS) is 13.7. The first-order chi connectivity index (χ1) is 12.1. The number of hydrogen-bond acceptors (Lipinski definition) is 6. The second-order valence-corrected chi connectivity index (χ2v) is 6.02. The lowest BCUT2D eigenvalue weighted by atomic mass is 9.95. The number of fused-ring (bicyclic) bond motifs is 1. The van der Waals surface area contributed by atoms with Crippen molar-refractivity contribution in [2.24, 2.45) is 0 Å². The zero-order chi connectivity index (χ0) is 17.8. The summed E-state index contributed by atoms with van der Waals surface area (Å²) in [6.07, 6.45) is 1.35. The summed E-state index contributed by atoms with van der Waals surface area (Å²) in [5.74, 6) is 0. The molecule has 0 saturated carbocycles. The van der Waals surface area contributed by atoms with E-state index in [1.54, 1.807) is 17.0 Å². The van der Waals surface area contributed by atoms with E-state index >= 15 is 0 Å². The number of nitrogens with one attached hydrogen (secondary N) is 1. The second kappa shape index (κ2) is 7.23. The monoisotopic (exact) mass is 334 g/mol. The maximum absolute atomic E-state index is 9.54. The molecule has 3 N–H and O–H groups in total. The molecule has 0 aliphatic carbocycles. The van der Waals surface area contributed by atoms with Gasteiger partial charge in [0.2, 0.25) is 0 Å². The lowest BCUT2D eigenvalue weighted by molar-refractivity contribution is 0.105. The number of aliphatic hydroxyl groups is 2. The zero-order valence-electron chi connectivity index (χ0n) is 13.6. The fourth-order valence-electron chi connectivity index (χ4n) is 2.97. The van der Waals surface area contributed by atoms with Gasteiger partial charge in [-0.25, -0.2) is 0 Å². The molecular weight excluding hydrogens is 316 g/mol. The van der Waals surface area contributed by atoms with Gasteiger partial charge in [-0.1, -0.05) is 12.1 Å². The van der Waals surface area contributed by atoms with Crippen molar-refractivity contribution < 1.29 is 10.2 Å². The zero-order valence-corrected chi connectivity index (χ0v) is 13.6. The smallest absolute Gasteiger partial charge is 0.179 e. The molecular formula is C19H18N4O2. The van der Waals surface area contributed by atoms with Crippen molar-refractivity contribution in [3.63, 3.8) is 0 Å². The van der Waals surface area contributed by atoms with Gasteiger partial charge in [0.1, 0.15) is 0 Å². The van der Waals surface area contributed by atoms with E-state index in [9.17, 15) is 10.4 Å². The maximum Gasteiger partial charge on any atom is 0.179 e. The van der Waals surface area contributed by atoms with Gasteiger partial charge in [0.25, 0.3) is 0 Å². The molecule has 3 rings (SSSR count). The molecule has 1 heterocycles. The first-order valence-electron chi connectivity index (χ1n) is 7.98. The Balaban J connectivity index is 1.99. The molecule has 2 aromatic carbocycles. The van der Waals surface area contributed by atoms with Crippen LogP contribution in [0.2, 0.25) is 0 Å². The predicted molar refractivity (Wildman–Crippen MR) is 93.0 cm³/mol. The van der Waals surface area contributed by atoms with Crippen molar-refractivity contribution in [3.8, 4) is 23.4 Å². The van der Waals surface area contributed by atoms with Crippen LogP contribution in [0.4, 0.5) is 5.69 Å². The van der Waals surface area contributed by atoms with E-state index in [0.29, 0.717) is 18.7 Å². The summed E-state index contributed by atoms with van der Waals surface area (Å²) in [7, 11) is 0. The third-order valence-corrected chi connectivity index (χ3v) is 4.27. The van der Waals surface area contributed by atoms with Gasteiger partial charge < -0.3 is 20.4 Å². The molecule has 0 fully saturated rings. The fraction of sp³-hybridized carbons (Fsp3) is 0.263. The van der Waals surface area contributed by atoms with Crippen molar-refractivity contribution in [1.29, 1.82) is 10.5 Å². The highest BCUT2D eigenvalue weighted by Gasteiger charge is 2.22. The molecule has 25 heavy (non-hydrogen) atoms. The molecule has 1 aliphatic rings. The Kier molecular flexibility index (Phi) is 4.85. The fourth-order valence-corrected chi connectivity index (χ4v) is 2.97. The van der Waals surface area contributed by atoms with Crippen LogP contribution in [0.3, 0.4) is 0 Å². The summed E-state index contributed by atoms with van der Waals surface area (Å²) in [6, 6.07) is 13.4. The van der Waals surface area contributed by atoms with Gasteiger partial charge in [0.15, 0.2) is 6.19 Å². The quantitative estimate of drug-likeness (QED) is 0.720. The first-order valence-corrected chi connectivity index (χ1v) is 7.98. The molecule has 0 radical (unpaired) electrons. The van der Waals surface area contributed by atoms with Gasteiger partial charge in [-0.15, -0.1) is 0 Å². The Morgan fingerprint density at radius 2 is 1.92 bits per heavy atom. The Morgan fingerprint density at radius 3 is 2.56 bits per heavy atom. The lowest BCUT2D eigenvalue weighted by Gasteiger charge is -2.15. The number of anilines is 1. The average Bonchev–Trinajstić information content (AvgIpc) is 3.08. The van der Waals surface area contributed by atoms with Gasteiger partial charge >= 0.3 is 0 Å². The van der Waals surface area contributed by atoms with Crippen LogP contribution in [0.25, 0.3) is 11.1 Å². The summed E-state index contributed by atoms with van der Waals surface area (Å²) < 4.78 is 0. The van der Waals surface area contributed by atoms with E-state index in [0.717, 1.165) is 27.9 Å². The van der Waals surface area contributed by atoms with Crippen molar-refractivity contribution in [2.45, 2.75) is 19.2 Å². The molecule has 0 saturated heterocycles. The van der Waals surface area contributed by atoms with E-state index in [-0.39, 0.29) is 13.2 Å². The molecule has 0 aromatic heterocycles. The van der Waals surface area contributed by atoms with Gasteiger partial charge in [-0.05, 0) is 46.5 Å². The summed E-state index contributed by atoms with van der Waals surface area (Å²) in [5.41, 5.74) is 5.55. The lowest BCUT2D eigenvalue weighted by Crippen LogP contribution is -2.23. The SMILES string of the molecule is N#Cc1ccc(-c2cc(NCC(O)CO)cc3c2CN(C#N)C3)cc1. The highest BCUT2D eigenvalue weighted by atomic mass is 16.3. The summed E-state index contributed by atoms with van der Waals surface area (Å²) >= 11 is 0. The van der Waals surface area contributed by atoms with Crippen LogP contribution in [-0.4, -0.2) is 34.4 Å². The maximum atomic E-state index is 9.54. The summed E-state index contributed by atoms with van der Waals surface area (Å²) in [5, 5.41) is 39.8. The molecule has 2 aromatic rings. The van der Waals surface area contributed by atoms with Crippen LogP contribution in [0, 0.1) is 22.8 Å². The second-order valence-electron chi connectivity index (χ2n) is 6.02. The molecule has 126 valence electrons. The van der Waals surface area contributed by atoms with Crippen molar-refractivity contribution in [2.75, 3.05) is 18.5 Å². The first kappa shape index (κ1) is 16.8. The number of hydrogen-bond donors (Lipinski definition) is 3. The predicted octanol–water partition coefficient (Wildman–Crippen LogP) is 1.79. The standard InChI is InChI=1S/C19H18N4O2/c20-7-13-1-3-14(4-2-13)18-6-16(22-8-17(25)11-24)5-15-9-23(12-21)10-19(15)18/h1-6,17,22,24-25H,8-11H2. The number of nitriles is 2. The number of rotatable bonds is 5. The Morgan fingerprint density at radius 1 is 1.16 bits per heavy atom. The molecule has 1 atom stereocenters. The Bertz CT molecular complexity index is 849. The number of aliphatic hydroxyl groups excluding tert-OH is 2. The minimum absolute atomic E-state index is 0.240. The summed E-state index contributed by atoms with van der Waals surface area (Å²) in [6.45, 7) is 1.04. The van der Waals surface area contributed by atoms with E-state index in [1.165, 1.54) is 0 Å². The highest BCUT2D eigenvalue weighted by Crippen LogP contribution is 2.35. The molecule has 6 heteroatoms. The van der Waals surface area contributed by atoms with E-state index in [1.807, 2.05) is 24.3 Å². The minimum atomic E-state index is -0.831. The highest BCUT2D eigenvalue weighted by molar-refractivity contribution is 5.74. The van der Waals surface area contributed by atoms with Crippen molar-refractivity contribution in [1.82, 2.24) is 4.90 Å². The topological polar surface area (TPSA) is 103 Å². The van der Waals surface area contributed by atoms with E-state index < -0.39 is 6.10 Å². The molecule has 0 bridgehead atoms. The molecule has 0 spiro atoms. The van der Waals surface area contributed by atoms with Gasteiger partial charge in [0.05, 0.1) is 37.4 Å². The van der Waals surface area contributed by atoms with E-state index in [4.69, 9.17) is 10.4 Å². The van der Waals surface area contributed by atoms with Crippen LogP contribution in [0.5, 0.6) is 0 Å². The number of nitrogens with zero attached hydrogens (tertiary/aromatic N) is 3. The van der Waals surface area contributed by atoms with Gasteiger partial charge in [-0.2, -0.15) is 10.5 Å². The molecule has 1 unspecified atom stereocenters. The van der Waals surface area contributed by atoms with Crippen LogP contribution in [0.1, 0.15) is 16.7 Å². The Labute approximate surface area is 146 Å². The van der Waals surface area contributed by atoms with Gasteiger partial charge in [-0.3, -0.25) is 0 Å². The third-order valence-electron chi connectivity index (χ3n) is 4.27. The van der Waals surface area contributed by atoms with Gasteiger partial charge in [0, 0.05) is 12.2 Å². The summed E-state index contributed by atoms with van der Waals surface area (Å²) in [4.78, 5) is 1.68. The number of benzene rings is 2. The Hall–Kier alpha value is -3.06. The molecule has 6 nitrogen and oxygen atoms in total. The van der Waals surface area contributed by atoms with Crippen molar-refractivity contribution >= 4 is 5.69 Å². The largest absolute Gasteiger partial charge is 0.394 e. The third kappa shape index (κ3) is 3.56. The van der Waals surface area contributed by atoms with Crippen LogP contribution >= 0.6 is 0 Å². The van der Waals surface area contributed by atoms with Crippen LogP contribution in [0.15, 0.2) is 36.4 Å². The molecule has 0 amide bonds. The van der Waals surface area contributed by atoms with E-state index in [2.05, 4.69) is 17.6 Å². The average molecular weight is 334 g/mol. The van der Waals surface area contributed by atoms with Crippen LogP contribution < -0.4 is 5.32 Å².